The summed E-state index contributed by atoms with van der Waals surface area (Å²) in [4.78, 5) is 0. The lowest BCUT2D eigenvalue weighted by molar-refractivity contribution is -0.686. The Morgan fingerprint density at radius 2 is 1.18 bits per heavy atom. The molecule has 4 aromatic rings. The summed E-state index contributed by atoms with van der Waals surface area (Å²) in [5, 5.41) is 6.76. The zero-order valence-electron chi connectivity index (χ0n) is 20.9. The molecule has 0 unspecified atom stereocenters. The van der Waals surface area contributed by atoms with Gasteiger partial charge in [-0.3, -0.25) is 0 Å². The van der Waals surface area contributed by atoms with Gasteiger partial charge in [0.05, 0.1) is 0 Å². The highest BCUT2D eigenvalue weighted by atomic mass is 28.3. The number of nitrogens with two attached hydrogens (primary N) is 1. The molecule has 0 radical (unpaired) electrons. The van der Waals surface area contributed by atoms with E-state index in [-0.39, 0.29) is 0 Å². The van der Waals surface area contributed by atoms with Crippen molar-refractivity contribution < 1.29 is 5.32 Å². The minimum atomic E-state index is -2.01. The van der Waals surface area contributed by atoms with Gasteiger partial charge in [0.1, 0.15) is 21.2 Å². The van der Waals surface area contributed by atoms with Gasteiger partial charge in [0.15, 0.2) is 0 Å². The highest BCUT2D eigenvalue weighted by Gasteiger charge is 2.33. The lowest BCUT2D eigenvalue weighted by Crippen LogP contribution is -2.80. The van der Waals surface area contributed by atoms with Gasteiger partial charge in [-0.2, -0.15) is 0 Å². The topological polar surface area (TPSA) is 16.6 Å². The normalized spacial score (nSPS) is 12.1. The first-order chi connectivity index (χ1) is 16.4. The second-order valence-corrected chi connectivity index (χ2v) is 13.8. The predicted octanol–water partition coefficient (Wildman–Crippen LogP) is 5.40. The van der Waals surface area contributed by atoms with E-state index < -0.39 is 8.07 Å². The summed E-state index contributed by atoms with van der Waals surface area (Å²) >= 11 is 0. The van der Waals surface area contributed by atoms with Gasteiger partial charge in [-0.15, -0.1) is 0 Å². The zero-order valence-corrected chi connectivity index (χ0v) is 21.9. The summed E-state index contributed by atoms with van der Waals surface area (Å²) in [6, 6.07) is 38.0. The molecule has 1 nitrogen and oxygen atoms in total. The van der Waals surface area contributed by atoms with Crippen LogP contribution in [0.15, 0.2) is 108 Å². The molecule has 2 N–H and O–H groups in total. The van der Waals surface area contributed by atoms with E-state index in [1.165, 1.54) is 43.4 Å². The highest BCUT2D eigenvalue weighted by Crippen LogP contribution is 2.19. The molecule has 172 valence electrons. The smallest absolute Gasteiger partial charge is 0.141 e. The molecule has 0 aromatic heterocycles. The van der Waals surface area contributed by atoms with E-state index in [0.717, 1.165) is 13.1 Å². The van der Waals surface area contributed by atoms with Crippen LogP contribution >= 0.6 is 0 Å². The van der Waals surface area contributed by atoms with Crippen LogP contribution in [0.3, 0.4) is 0 Å². The molecule has 34 heavy (non-hydrogen) atoms. The lowest BCUT2D eigenvalue weighted by atomic mass is 10.1. The molecule has 0 spiro atoms. The lowest BCUT2D eigenvalue weighted by Gasteiger charge is -2.30. The molecule has 4 rings (SSSR count). The maximum absolute atomic E-state index is 2.47. The molecule has 2 heteroatoms. The fourth-order valence-electron chi connectivity index (χ4n) is 4.90. The van der Waals surface area contributed by atoms with Crippen LogP contribution in [-0.2, 0) is 13.1 Å². The molecule has 0 amide bonds. The van der Waals surface area contributed by atoms with Gasteiger partial charge in [-0.1, -0.05) is 132 Å². The van der Waals surface area contributed by atoms with Gasteiger partial charge in [0.25, 0.3) is 0 Å². The summed E-state index contributed by atoms with van der Waals surface area (Å²) in [5.41, 5.74) is 6.73. The molecular weight excluding hydrogens is 426 g/mol. The number of allylic oxidation sites excluding steroid dienone is 1. The van der Waals surface area contributed by atoms with Crippen LogP contribution in [0.5, 0.6) is 0 Å². The molecule has 0 saturated heterocycles. The summed E-state index contributed by atoms with van der Waals surface area (Å²) in [6.45, 7) is 11.2. The van der Waals surface area contributed by atoms with Crippen LogP contribution in [0, 0.1) is 13.8 Å². The van der Waals surface area contributed by atoms with Crippen molar-refractivity contribution in [2.45, 2.75) is 40.4 Å². The summed E-state index contributed by atoms with van der Waals surface area (Å²) in [7, 11) is -2.01. The largest absolute Gasteiger partial charge is 0.339 e. The highest BCUT2D eigenvalue weighted by molar-refractivity contribution is 7.06. The number of rotatable bonds is 8. The molecule has 4 aromatic carbocycles. The fraction of sp³-hybridized carbons (Fsp3) is 0.188. The third-order valence-electron chi connectivity index (χ3n) is 6.90. The van der Waals surface area contributed by atoms with Crippen molar-refractivity contribution in [1.82, 2.24) is 0 Å². The first kappa shape index (κ1) is 23.9. The quantitative estimate of drug-likeness (QED) is 0.338. The van der Waals surface area contributed by atoms with Crippen molar-refractivity contribution in [2.24, 2.45) is 0 Å². The van der Waals surface area contributed by atoms with Crippen molar-refractivity contribution in [3.8, 4) is 0 Å². The van der Waals surface area contributed by atoms with Crippen molar-refractivity contribution in [3.63, 3.8) is 0 Å². The predicted molar refractivity (Wildman–Crippen MR) is 149 cm³/mol. The maximum atomic E-state index is 2.47. The molecule has 0 saturated carbocycles. The van der Waals surface area contributed by atoms with Crippen molar-refractivity contribution in [2.75, 3.05) is 0 Å². The Kier molecular flexibility index (Phi) is 7.62. The van der Waals surface area contributed by atoms with Crippen LogP contribution in [-0.4, -0.2) is 8.07 Å². The van der Waals surface area contributed by atoms with E-state index in [4.69, 9.17) is 0 Å². The van der Waals surface area contributed by atoms with Crippen LogP contribution in [0.2, 0.25) is 6.55 Å². The van der Waals surface area contributed by atoms with E-state index in [1.54, 1.807) is 0 Å². The number of hydrogen-bond donors (Lipinski definition) is 1. The number of hydrogen-bond acceptors (Lipinski definition) is 0. The van der Waals surface area contributed by atoms with Gasteiger partial charge in [-0.25, -0.2) is 0 Å². The molecule has 0 aliphatic heterocycles. The number of benzene rings is 4. The van der Waals surface area contributed by atoms with Crippen molar-refractivity contribution >= 4 is 24.5 Å². The van der Waals surface area contributed by atoms with E-state index in [2.05, 4.69) is 142 Å². The van der Waals surface area contributed by atoms with E-state index in [9.17, 15) is 0 Å². The molecule has 0 fully saturated rings. The summed E-state index contributed by atoms with van der Waals surface area (Å²) < 4.78 is 0. The third kappa shape index (κ3) is 5.64. The average molecular weight is 463 g/mol. The van der Waals surface area contributed by atoms with E-state index in [1.807, 2.05) is 0 Å². The molecule has 0 heterocycles. The monoisotopic (exact) mass is 462 g/mol. The van der Waals surface area contributed by atoms with Crippen LogP contribution in [0.1, 0.15) is 34.7 Å². The van der Waals surface area contributed by atoms with E-state index in [0.29, 0.717) is 0 Å². The number of aryl methyl sites for hydroxylation is 2. The van der Waals surface area contributed by atoms with Gasteiger partial charge < -0.3 is 5.32 Å². The van der Waals surface area contributed by atoms with Crippen LogP contribution < -0.4 is 15.7 Å². The van der Waals surface area contributed by atoms with Crippen LogP contribution in [0.25, 0.3) is 6.08 Å². The first-order valence-corrected chi connectivity index (χ1v) is 14.7. The maximum Gasteiger partial charge on any atom is 0.141 e. The Labute approximate surface area is 206 Å². The van der Waals surface area contributed by atoms with Gasteiger partial charge in [0.2, 0.25) is 0 Å². The SMILES string of the molecule is C/C(=C\c1ccc(C[NH2+]Cc2cc(C)cc(C)c2)cc1)[Si](C)(c1ccccc1)c1ccccc1. The van der Waals surface area contributed by atoms with Crippen molar-refractivity contribution in [3.05, 3.63) is 136 Å². The fourth-order valence-corrected chi connectivity index (χ4v) is 8.32. The summed E-state index contributed by atoms with van der Waals surface area (Å²) in [5.74, 6) is 0. The Hall–Kier alpha value is -3.20. The Morgan fingerprint density at radius 1 is 0.676 bits per heavy atom. The third-order valence-corrected chi connectivity index (χ3v) is 11.6. The van der Waals surface area contributed by atoms with Gasteiger partial charge in [-0.05, 0) is 36.7 Å². The van der Waals surface area contributed by atoms with Gasteiger partial charge >= 0.3 is 0 Å². The summed E-state index contributed by atoms with van der Waals surface area (Å²) in [6.07, 6.45) is 2.40. The minimum absolute atomic E-state index is 0.996. The van der Waals surface area contributed by atoms with Crippen molar-refractivity contribution in [1.29, 1.82) is 0 Å². The standard InChI is InChI=1S/C32H35NSi/c1-25-19-26(2)21-30(20-25)24-33-23-29-17-15-28(16-18-29)22-27(3)34(4,31-11-7-5-8-12-31)32-13-9-6-10-14-32/h5-22,33H,23-24H2,1-4H3/p+1/b27-22+. The Bertz CT molecular complexity index is 1180. The molecule has 0 atom stereocenters. The van der Waals surface area contributed by atoms with Crippen LogP contribution in [0.4, 0.5) is 0 Å². The van der Waals surface area contributed by atoms with Gasteiger partial charge in [0, 0.05) is 11.1 Å². The molecule has 0 aliphatic carbocycles. The Morgan fingerprint density at radius 3 is 1.71 bits per heavy atom. The van der Waals surface area contributed by atoms with E-state index >= 15 is 0 Å². The minimum Gasteiger partial charge on any atom is -0.339 e. The molecule has 0 bridgehead atoms. The second-order valence-electron chi connectivity index (χ2n) is 9.62. The Balaban J connectivity index is 1.50. The second kappa shape index (κ2) is 10.8. The average Bonchev–Trinajstić information content (AvgIpc) is 2.85. The number of quaternary nitrogens is 1. The molecule has 0 aliphatic rings. The molecular formula is C32H36NSi+. The first-order valence-electron chi connectivity index (χ1n) is 12.2. The zero-order chi connectivity index (χ0) is 24.0.